The summed E-state index contributed by atoms with van der Waals surface area (Å²) in [5.74, 6) is 1.02. The number of hydrogen-bond donors (Lipinski definition) is 1. The van der Waals surface area contributed by atoms with E-state index in [-0.39, 0.29) is 12.0 Å². The van der Waals surface area contributed by atoms with E-state index in [9.17, 15) is 4.79 Å². The normalized spacial score (nSPS) is 20.1. The number of benzene rings is 1. The van der Waals surface area contributed by atoms with Crippen LogP contribution in [-0.2, 0) is 22.5 Å². The highest BCUT2D eigenvalue weighted by atomic mass is 79.9. The highest BCUT2D eigenvalue weighted by Crippen LogP contribution is 2.32. The Balaban J connectivity index is 1.51. The second-order valence-electron chi connectivity index (χ2n) is 5.60. The number of hydrogen-bond acceptors (Lipinski definition) is 3. The van der Waals surface area contributed by atoms with Crippen molar-refractivity contribution in [2.75, 3.05) is 13.2 Å². The minimum absolute atomic E-state index is 0.0808. The minimum atomic E-state index is 0.0808. The van der Waals surface area contributed by atoms with Gasteiger partial charge in [-0.3, -0.25) is 4.79 Å². The Hall–Kier alpha value is -1.07. The standard InChI is InChI=1S/C16H20BrNO3/c17-13-8-11-5-7-21-16(11)12(9-13)10-18-15(19)4-3-14-2-1-6-20-14/h8-9,14H,1-7,10H2,(H,18,19). The predicted octanol–water partition coefficient (Wildman–Crippen LogP) is 2.96. The van der Waals surface area contributed by atoms with Gasteiger partial charge in [-0.2, -0.15) is 0 Å². The first kappa shape index (κ1) is 14.9. The van der Waals surface area contributed by atoms with Gasteiger partial charge in [0.1, 0.15) is 5.75 Å². The maximum absolute atomic E-state index is 11.9. The number of carbonyl (C=O) groups is 1. The summed E-state index contributed by atoms with van der Waals surface area (Å²) in [6.45, 7) is 2.09. The minimum Gasteiger partial charge on any atom is -0.493 e. The molecule has 2 aliphatic heterocycles. The Bertz CT molecular complexity index is 526. The molecule has 21 heavy (non-hydrogen) atoms. The van der Waals surface area contributed by atoms with Crippen LogP contribution in [0.15, 0.2) is 16.6 Å². The van der Waals surface area contributed by atoms with Crippen LogP contribution in [0.2, 0.25) is 0 Å². The van der Waals surface area contributed by atoms with Gasteiger partial charge in [0.2, 0.25) is 5.91 Å². The van der Waals surface area contributed by atoms with Gasteiger partial charge in [0.25, 0.3) is 0 Å². The molecule has 0 aliphatic carbocycles. The molecule has 1 aromatic rings. The molecular weight excluding hydrogens is 334 g/mol. The third kappa shape index (κ3) is 3.77. The summed E-state index contributed by atoms with van der Waals surface area (Å²) in [6.07, 6.45) is 4.76. The number of nitrogens with one attached hydrogen (secondary N) is 1. The van der Waals surface area contributed by atoms with Gasteiger partial charge in [0.05, 0.1) is 12.7 Å². The predicted molar refractivity (Wildman–Crippen MR) is 83.4 cm³/mol. The highest BCUT2D eigenvalue weighted by Gasteiger charge is 2.19. The molecule has 0 spiro atoms. The van der Waals surface area contributed by atoms with Gasteiger partial charge in [-0.15, -0.1) is 0 Å². The fourth-order valence-corrected chi connectivity index (χ4v) is 3.48. The number of rotatable bonds is 5. The van der Waals surface area contributed by atoms with Crippen molar-refractivity contribution in [1.29, 1.82) is 0 Å². The third-order valence-corrected chi connectivity index (χ3v) is 4.48. The molecule has 114 valence electrons. The number of ether oxygens (including phenoxy) is 2. The number of amides is 1. The maximum atomic E-state index is 11.9. The van der Waals surface area contributed by atoms with E-state index in [1.807, 2.05) is 6.07 Å². The lowest BCUT2D eigenvalue weighted by Crippen LogP contribution is -2.24. The average Bonchev–Trinajstić information content (AvgIpc) is 3.13. The van der Waals surface area contributed by atoms with Gasteiger partial charge in [0, 0.05) is 36.0 Å². The summed E-state index contributed by atoms with van der Waals surface area (Å²) in [5.41, 5.74) is 2.26. The van der Waals surface area contributed by atoms with Crippen LogP contribution in [0, 0.1) is 0 Å². The zero-order chi connectivity index (χ0) is 14.7. The zero-order valence-electron chi connectivity index (χ0n) is 12.0. The topological polar surface area (TPSA) is 47.6 Å². The number of halogens is 1. The van der Waals surface area contributed by atoms with E-state index in [1.54, 1.807) is 0 Å². The fourth-order valence-electron chi connectivity index (χ4n) is 2.92. The monoisotopic (exact) mass is 353 g/mol. The summed E-state index contributed by atoms with van der Waals surface area (Å²) in [7, 11) is 0. The van der Waals surface area contributed by atoms with Crippen LogP contribution in [0.25, 0.3) is 0 Å². The van der Waals surface area contributed by atoms with Crippen LogP contribution in [0.4, 0.5) is 0 Å². The first-order valence-corrected chi connectivity index (χ1v) is 8.34. The van der Waals surface area contributed by atoms with Crippen molar-refractivity contribution in [2.24, 2.45) is 0 Å². The maximum Gasteiger partial charge on any atom is 0.220 e. The van der Waals surface area contributed by atoms with Crippen molar-refractivity contribution in [3.63, 3.8) is 0 Å². The van der Waals surface area contributed by atoms with E-state index in [4.69, 9.17) is 9.47 Å². The smallest absolute Gasteiger partial charge is 0.220 e. The zero-order valence-corrected chi connectivity index (χ0v) is 13.6. The van der Waals surface area contributed by atoms with E-state index in [0.717, 1.165) is 54.7 Å². The molecule has 2 aliphatic rings. The fraction of sp³-hybridized carbons (Fsp3) is 0.562. The van der Waals surface area contributed by atoms with E-state index in [1.165, 1.54) is 5.56 Å². The lowest BCUT2D eigenvalue weighted by Gasteiger charge is -2.12. The number of fused-ring (bicyclic) bond motifs is 1. The van der Waals surface area contributed by atoms with Crippen molar-refractivity contribution >= 4 is 21.8 Å². The molecule has 1 amide bonds. The van der Waals surface area contributed by atoms with E-state index < -0.39 is 0 Å². The van der Waals surface area contributed by atoms with Crippen LogP contribution >= 0.6 is 15.9 Å². The first-order chi connectivity index (χ1) is 10.2. The third-order valence-electron chi connectivity index (χ3n) is 4.02. The summed E-state index contributed by atoms with van der Waals surface area (Å²) in [6, 6.07) is 4.11. The van der Waals surface area contributed by atoms with Crippen molar-refractivity contribution in [3.05, 3.63) is 27.7 Å². The molecule has 1 fully saturated rings. The van der Waals surface area contributed by atoms with Crippen molar-refractivity contribution < 1.29 is 14.3 Å². The van der Waals surface area contributed by atoms with Crippen LogP contribution in [-0.4, -0.2) is 25.2 Å². The molecule has 1 saturated heterocycles. The molecule has 3 rings (SSSR count). The van der Waals surface area contributed by atoms with Gasteiger partial charge in [-0.25, -0.2) is 0 Å². The van der Waals surface area contributed by atoms with Gasteiger partial charge in [-0.1, -0.05) is 15.9 Å². The SMILES string of the molecule is O=C(CCC1CCCO1)NCc1cc(Br)cc2c1OCC2. The second-order valence-corrected chi connectivity index (χ2v) is 6.52. The molecule has 0 saturated carbocycles. The van der Waals surface area contributed by atoms with Gasteiger partial charge >= 0.3 is 0 Å². The van der Waals surface area contributed by atoms with Crippen LogP contribution in [0.1, 0.15) is 36.8 Å². The molecular formula is C16H20BrNO3. The van der Waals surface area contributed by atoms with Crippen molar-refractivity contribution in [2.45, 2.75) is 44.8 Å². The van der Waals surface area contributed by atoms with E-state index >= 15 is 0 Å². The quantitative estimate of drug-likeness (QED) is 0.885. The Morgan fingerprint density at radius 3 is 3.10 bits per heavy atom. The lowest BCUT2D eigenvalue weighted by molar-refractivity contribution is -0.121. The van der Waals surface area contributed by atoms with Gasteiger partial charge in [-0.05, 0) is 37.0 Å². The van der Waals surface area contributed by atoms with Crippen LogP contribution < -0.4 is 10.1 Å². The summed E-state index contributed by atoms with van der Waals surface area (Å²) in [4.78, 5) is 11.9. The highest BCUT2D eigenvalue weighted by molar-refractivity contribution is 9.10. The summed E-state index contributed by atoms with van der Waals surface area (Å²) >= 11 is 3.51. The molecule has 4 nitrogen and oxygen atoms in total. The largest absolute Gasteiger partial charge is 0.493 e. The molecule has 1 N–H and O–H groups in total. The van der Waals surface area contributed by atoms with E-state index in [0.29, 0.717) is 13.0 Å². The van der Waals surface area contributed by atoms with Crippen LogP contribution in [0.3, 0.4) is 0 Å². The summed E-state index contributed by atoms with van der Waals surface area (Å²) < 4.78 is 12.2. The first-order valence-electron chi connectivity index (χ1n) is 7.55. The van der Waals surface area contributed by atoms with Gasteiger partial charge < -0.3 is 14.8 Å². The Morgan fingerprint density at radius 2 is 2.29 bits per heavy atom. The van der Waals surface area contributed by atoms with Crippen molar-refractivity contribution in [1.82, 2.24) is 5.32 Å². The van der Waals surface area contributed by atoms with Crippen LogP contribution in [0.5, 0.6) is 5.75 Å². The number of carbonyl (C=O) groups excluding carboxylic acids is 1. The summed E-state index contributed by atoms with van der Waals surface area (Å²) in [5, 5.41) is 2.98. The molecule has 2 heterocycles. The van der Waals surface area contributed by atoms with Crippen molar-refractivity contribution in [3.8, 4) is 5.75 Å². The molecule has 0 radical (unpaired) electrons. The van der Waals surface area contributed by atoms with Gasteiger partial charge in [0.15, 0.2) is 0 Å². The molecule has 1 unspecified atom stereocenters. The van der Waals surface area contributed by atoms with E-state index in [2.05, 4.69) is 27.3 Å². The molecule has 1 atom stereocenters. The molecule has 1 aromatic carbocycles. The molecule has 0 bridgehead atoms. The average molecular weight is 354 g/mol. The Morgan fingerprint density at radius 1 is 1.38 bits per heavy atom. The molecule has 5 heteroatoms. The Labute approximate surface area is 133 Å². The Kier molecular flexibility index (Phi) is 4.80. The molecule has 0 aromatic heterocycles. The lowest BCUT2D eigenvalue weighted by atomic mass is 10.1. The second kappa shape index (κ2) is 6.79.